The van der Waals surface area contributed by atoms with Gasteiger partial charge >= 0.3 is 0 Å². The number of amides is 1. The maximum Gasteiger partial charge on any atom is 0.271 e. The molecule has 0 radical (unpaired) electrons. The van der Waals surface area contributed by atoms with E-state index in [1.165, 1.54) is 0 Å². The second kappa shape index (κ2) is 12.5. The number of pyridine rings is 2. The highest BCUT2D eigenvalue weighted by Crippen LogP contribution is 2.21. The summed E-state index contributed by atoms with van der Waals surface area (Å²) in [6, 6.07) is 5.69. The Morgan fingerprint density at radius 3 is 2.65 bits per heavy atom. The fraction of sp³-hybridized carbons (Fsp3) is 0.435. The van der Waals surface area contributed by atoms with Gasteiger partial charge in [0.25, 0.3) is 5.56 Å². The second-order valence-electron chi connectivity index (χ2n) is 7.54. The van der Waals surface area contributed by atoms with E-state index in [0.717, 1.165) is 49.4 Å². The third-order valence-electron chi connectivity index (χ3n) is 4.77. The zero-order valence-electron chi connectivity index (χ0n) is 18.9. The van der Waals surface area contributed by atoms with Gasteiger partial charge in [-0.15, -0.1) is 0 Å². The van der Waals surface area contributed by atoms with E-state index in [2.05, 4.69) is 20.6 Å². The predicted molar refractivity (Wildman–Crippen MR) is 128 cm³/mol. The van der Waals surface area contributed by atoms with Crippen LogP contribution in [0.3, 0.4) is 0 Å². The van der Waals surface area contributed by atoms with Gasteiger partial charge in [-0.05, 0) is 57.6 Å². The molecule has 2 aromatic rings. The number of likely N-dealkylation sites (N-methyl/N-ethyl adjacent to an activating group) is 1. The molecule has 3 N–H and O–H groups in total. The predicted octanol–water partition coefficient (Wildman–Crippen LogP) is 2.64. The van der Waals surface area contributed by atoms with E-state index in [9.17, 15) is 9.59 Å². The monoisotopic (exact) mass is 426 g/mol. The zero-order valence-corrected chi connectivity index (χ0v) is 18.9. The fourth-order valence-corrected chi connectivity index (χ4v) is 3.13. The van der Waals surface area contributed by atoms with E-state index < -0.39 is 0 Å². The first-order valence-corrected chi connectivity index (χ1v) is 10.7. The van der Waals surface area contributed by atoms with Crippen LogP contribution in [0.2, 0.25) is 0 Å². The van der Waals surface area contributed by atoms with E-state index in [1.54, 1.807) is 18.5 Å². The molecule has 1 aliphatic rings. The summed E-state index contributed by atoms with van der Waals surface area (Å²) in [5.74, 6) is 0.961. The van der Waals surface area contributed by atoms with Crippen molar-refractivity contribution in [3.63, 3.8) is 0 Å². The molecule has 1 amide bonds. The van der Waals surface area contributed by atoms with Crippen LogP contribution in [0.5, 0.6) is 0 Å². The number of hydrogen-bond donors (Lipinski definition) is 3. The number of likely N-dealkylation sites (tertiary alicyclic amines) is 1. The van der Waals surface area contributed by atoms with Crippen molar-refractivity contribution >= 4 is 17.4 Å². The number of aromatic nitrogens is 2. The van der Waals surface area contributed by atoms with Crippen molar-refractivity contribution < 1.29 is 4.79 Å². The Morgan fingerprint density at radius 1 is 1.26 bits per heavy atom. The molecule has 1 aliphatic heterocycles. The Balaban J connectivity index is 0.000000233. The highest BCUT2D eigenvalue weighted by Gasteiger charge is 2.14. The van der Waals surface area contributed by atoms with Crippen molar-refractivity contribution in [1.29, 1.82) is 0 Å². The molecule has 1 saturated heterocycles. The summed E-state index contributed by atoms with van der Waals surface area (Å²) >= 11 is 0. The van der Waals surface area contributed by atoms with Crippen LogP contribution in [-0.4, -0.2) is 73.0 Å². The summed E-state index contributed by atoms with van der Waals surface area (Å²) in [5, 5.41) is 6.03. The van der Waals surface area contributed by atoms with Crippen LogP contribution in [0.1, 0.15) is 19.8 Å². The molecule has 3 rings (SSSR count). The normalized spacial score (nSPS) is 13.3. The van der Waals surface area contributed by atoms with E-state index in [1.807, 2.05) is 62.1 Å². The van der Waals surface area contributed by atoms with E-state index >= 15 is 0 Å². The lowest BCUT2D eigenvalue weighted by Gasteiger charge is -2.12. The van der Waals surface area contributed by atoms with Crippen molar-refractivity contribution in [3.8, 4) is 11.1 Å². The standard InChI is InChI=1S/C13H16N4O.C10H18N2O/c1-3-15-11-6-10(8-17-13(11)18)9-4-5-16-12(7-9)14-2;1-11(2)7-5-6-10(13)12-8-3-4-9-12/h4-8,15H,3H2,1-2H3,(H,14,16)(H,17,18);5-6H,3-4,7-9H2,1-2H3/b;6-5+. The third-order valence-corrected chi connectivity index (χ3v) is 4.77. The maximum atomic E-state index is 11.6. The fourth-order valence-electron chi connectivity index (χ4n) is 3.13. The van der Waals surface area contributed by atoms with Crippen LogP contribution in [0, 0.1) is 0 Å². The molecule has 31 heavy (non-hydrogen) atoms. The van der Waals surface area contributed by atoms with Crippen LogP contribution in [-0.2, 0) is 4.79 Å². The molecule has 0 atom stereocenters. The van der Waals surface area contributed by atoms with Crippen molar-refractivity contribution in [1.82, 2.24) is 19.8 Å². The summed E-state index contributed by atoms with van der Waals surface area (Å²) < 4.78 is 0. The lowest BCUT2D eigenvalue weighted by Crippen LogP contribution is -2.25. The minimum atomic E-state index is -0.108. The number of nitrogens with one attached hydrogen (secondary N) is 3. The number of aromatic amines is 1. The molecule has 0 spiro atoms. The van der Waals surface area contributed by atoms with Gasteiger partial charge < -0.3 is 25.4 Å². The molecule has 8 heteroatoms. The Hall–Kier alpha value is -3.13. The highest BCUT2D eigenvalue weighted by atomic mass is 16.2. The third kappa shape index (κ3) is 7.90. The molecule has 0 aromatic carbocycles. The summed E-state index contributed by atoms with van der Waals surface area (Å²) in [6.45, 7) is 5.37. The van der Waals surface area contributed by atoms with Gasteiger partial charge in [0.2, 0.25) is 5.91 Å². The molecule has 0 saturated carbocycles. The molecule has 0 aliphatic carbocycles. The summed E-state index contributed by atoms with van der Waals surface area (Å²) in [7, 11) is 5.80. The topological polar surface area (TPSA) is 93.4 Å². The average molecular weight is 427 g/mol. The minimum Gasteiger partial charge on any atom is -0.381 e. The SMILES string of the molecule is CCNc1cc(-c2ccnc(NC)c2)c[nH]c1=O.CN(C)C/C=C/C(=O)N1CCCC1. The van der Waals surface area contributed by atoms with Crippen LogP contribution in [0.25, 0.3) is 11.1 Å². The van der Waals surface area contributed by atoms with Gasteiger partial charge in [0, 0.05) is 57.3 Å². The van der Waals surface area contributed by atoms with Crippen molar-refractivity contribution in [3.05, 3.63) is 53.1 Å². The highest BCUT2D eigenvalue weighted by molar-refractivity contribution is 5.87. The molecule has 1 fully saturated rings. The van der Waals surface area contributed by atoms with Crippen molar-refractivity contribution in [2.24, 2.45) is 0 Å². The lowest BCUT2D eigenvalue weighted by atomic mass is 10.1. The van der Waals surface area contributed by atoms with Gasteiger partial charge in [-0.3, -0.25) is 9.59 Å². The maximum absolute atomic E-state index is 11.6. The average Bonchev–Trinajstić information content (AvgIpc) is 3.31. The Labute approximate surface area is 184 Å². The molecule has 168 valence electrons. The van der Waals surface area contributed by atoms with E-state index in [4.69, 9.17) is 0 Å². The second-order valence-corrected chi connectivity index (χ2v) is 7.54. The van der Waals surface area contributed by atoms with Gasteiger partial charge in [-0.1, -0.05) is 6.08 Å². The van der Waals surface area contributed by atoms with E-state index in [-0.39, 0.29) is 11.5 Å². The van der Waals surface area contributed by atoms with Gasteiger partial charge in [-0.2, -0.15) is 0 Å². The van der Waals surface area contributed by atoms with Crippen LogP contribution in [0.4, 0.5) is 11.5 Å². The summed E-state index contributed by atoms with van der Waals surface area (Å²) in [5.41, 5.74) is 2.43. The minimum absolute atomic E-state index is 0.108. The first-order valence-electron chi connectivity index (χ1n) is 10.7. The smallest absolute Gasteiger partial charge is 0.271 e. The summed E-state index contributed by atoms with van der Waals surface area (Å²) in [4.78, 5) is 33.9. The first kappa shape index (κ1) is 24.1. The quantitative estimate of drug-likeness (QED) is 0.590. The number of H-pyrrole nitrogens is 1. The van der Waals surface area contributed by atoms with Gasteiger partial charge in [0.1, 0.15) is 11.5 Å². The van der Waals surface area contributed by atoms with Crippen molar-refractivity contribution in [2.75, 3.05) is 58.0 Å². The largest absolute Gasteiger partial charge is 0.381 e. The number of carbonyl (C=O) groups excluding carboxylic acids is 1. The van der Waals surface area contributed by atoms with Gasteiger partial charge in [0.05, 0.1) is 0 Å². The molecule has 0 unspecified atom stereocenters. The van der Waals surface area contributed by atoms with Crippen LogP contribution >= 0.6 is 0 Å². The van der Waals surface area contributed by atoms with Gasteiger partial charge in [0.15, 0.2) is 0 Å². The number of nitrogens with zero attached hydrogens (tertiary/aromatic N) is 3. The Bertz CT molecular complexity index is 916. The zero-order chi connectivity index (χ0) is 22.6. The number of anilines is 2. The Morgan fingerprint density at radius 2 is 2.00 bits per heavy atom. The summed E-state index contributed by atoms with van der Waals surface area (Å²) in [6.07, 6.45) is 9.36. The van der Waals surface area contributed by atoms with Crippen LogP contribution < -0.4 is 16.2 Å². The van der Waals surface area contributed by atoms with Gasteiger partial charge in [-0.25, -0.2) is 4.98 Å². The number of hydrogen-bond acceptors (Lipinski definition) is 6. The molecule has 8 nitrogen and oxygen atoms in total. The van der Waals surface area contributed by atoms with Crippen molar-refractivity contribution in [2.45, 2.75) is 19.8 Å². The lowest BCUT2D eigenvalue weighted by molar-refractivity contribution is -0.125. The Kier molecular flexibility index (Phi) is 9.77. The number of rotatable bonds is 7. The molecular formula is C23H34N6O2. The molecule has 2 aromatic heterocycles. The van der Waals surface area contributed by atoms with E-state index in [0.29, 0.717) is 12.2 Å². The first-order chi connectivity index (χ1) is 14.9. The molecule has 3 heterocycles. The molecule has 0 bridgehead atoms. The number of carbonyl (C=O) groups is 1. The molecular weight excluding hydrogens is 392 g/mol. The van der Waals surface area contributed by atoms with Crippen LogP contribution in [0.15, 0.2) is 47.5 Å².